The molecule has 4 aromatic rings. The maximum Gasteiger partial charge on any atom is 0.272 e. The van der Waals surface area contributed by atoms with Gasteiger partial charge in [0.1, 0.15) is 5.70 Å². The summed E-state index contributed by atoms with van der Waals surface area (Å²) < 4.78 is 0. The number of hydrogen-bond acceptors (Lipinski definition) is 6. The van der Waals surface area contributed by atoms with Crippen molar-refractivity contribution in [1.29, 1.82) is 0 Å². The Hall–Kier alpha value is -4.21. The van der Waals surface area contributed by atoms with E-state index in [0.29, 0.717) is 16.9 Å². The van der Waals surface area contributed by atoms with Crippen molar-refractivity contribution in [3.8, 4) is 0 Å². The number of aromatic nitrogens is 1. The van der Waals surface area contributed by atoms with E-state index < -0.39 is 5.91 Å². The predicted molar refractivity (Wildman–Crippen MR) is 149 cm³/mol. The van der Waals surface area contributed by atoms with Crippen LogP contribution in [0.3, 0.4) is 0 Å². The Morgan fingerprint density at radius 1 is 0.892 bits per heavy atom. The summed E-state index contributed by atoms with van der Waals surface area (Å²) in [5.41, 5.74) is 2.65. The number of thioether (sulfide) groups is 1. The van der Waals surface area contributed by atoms with Crippen molar-refractivity contribution in [2.45, 2.75) is 17.1 Å². The summed E-state index contributed by atoms with van der Waals surface area (Å²) in [7, 11) is 0. The van der Waals surface area contributed by atoms with Crippen molar-refractivity contribution in [3.05, 3.63) is 113 Å². The van der Waals surface area contributed by atoms with Gasteiger partial charge in [0.15, 0.2) is 0 Å². The molecule has 3 amide bonds. The molecule has 0 spiro atoms. The second-order valence-corrected chi connectivity index (χ2v) is 10.1. The van der Waals surface area contributed by atoms with Gasteiger partial charge in [-0.05, 0) is 83.9 Å². The topological polar surface area (TPSA) is 100 Å². The zero-order chi connectivity index (χ0) is 26.0. The number of hydrogen-bond donors (Lipinski definition) is 3. The van der Waals surface area contributed by atoms with Crippen LogP contribution in [-0.2, 0) is 9.59 Å². The molecule has 0 aliphatic carbocycles. The van der Waals surface area contributed by atoms with Crippen LogP contribution in [0.5, 0.6) is 0 Å². The second kappa shape index (κ2) is 12.7. The highest BCUT2D eigenvalue weighted by Gasteiger charge is 2.17. The number of benzene rings is 2. The normalized spacial score (nSPS) is 11.9. The average Bonchev–Trinajstić information content (AvgIpc) is 3.43. The van der Waals surface area contributed by atoms with Crippen molar-refractivity contribution in [1.82, 2.24) is 10.3 Å². The predicted octanol–water partition coefficient (Wildman–Crippen LogP) is 5.67. The summed E-state index contributed by atoms with van der Waals surface area (Å²) in [5.74, 6) is -0.935. The first-order valence-electron chi connectivity index (χ1n) is 11.4. The molecule has 0 aliphatic rings. The second-order valence-electron chi connectivity index (χ2n) is 7.90. The quantitative estimate of drug-likeness (QED) is 0.192. The fourth-order valence-electron chi connectivity index (χ4n) is 3.22. The van der Waals surface area contributed by atoms with Crippen molar-refractivity contribution in [3.63, 3.8) is 0 Å². The van der Waals surface area contributed by atoms with Gasteiger partial charge >= 0.3 is 0 Å². The van der Waals surface area contributed by atoms with E-state index >= 15 is 0 Å². The largest absolute Gasteiger partial charge is 0.325 e. The van der Waals surface area contributed by atoms with Gasteiger partial charge in [-0.25, -0.2) is 0 Å². The number of nitrogens with one attached hydrogen (secondary N) is 3. The highest BCUT2D eigenvalue weighted by atomic mass is 32.2. The van der Waals surface area contributed by atoms with Gasteiger partial charge in [-0.2, -0.15) is 11.3 Å². The lowest BCUT2D eigenvalue weighted by Gasteiger charge is -2.13. The first-order chi connectivity index (χ1) is 18.0. The summed E-state index contributed by atoms with van der Waals surface area (Å²) in [6, 6.07) is 21.2. The maximum absolute atomic E-state index is 13.1. The van der Waals surface area contributed by atoms with E-state index in [0.717, 1.165) is 10.5 Å². The van der Waals surface area contributed by atoms with E-state index in [1.54, 1.807) is 67.0 Å². The monoisotopic (exact) mass is 528 g/mol. The lowest BCUT2D eigenvalue weighted by atomic mass is 10.2. The molecule has 0 radical (unpaired) electrons. The van der Waals surface area contributed by atoms with Gasteiger partial charge in [0.05, 0.1) is 5.25 Å². The Labute approximate surface area is 223 Å². The van der Waals surface area contributed by atoms with Gasteiger partial charge in [0.2, 0.25) is 5.91 Å². The minimum Gasteiger partial charge on any atom is -0.325 e. The van der Waals surface area contributed by atoms with Crippen LogP contribution >= 0.6 is 23.1 Å². The molecule has 1 unspecified atom stereocenters. The smallest absolute Gasteiger partial charge is 0.272 e. The van der Waals surface area contributed by atoms with Crippen LogP contribution in [0.1, 0.15) is 22.8 Å². The summed E-state index contributed by atoms with van der Waals surface area (Å²) >= 11 is 2.90. The number of amides is 3. The molecule has 37 heavy (non-hydrogen) atoms. The molecule has 3 N–H and O–H groups in total. The molecule has 9 heteroatoms. The van der Waals surface area contributed by atoms with Crippen molar-refractivity contribution in [2.24, 2.45) is 0 Å². The third kappa shape index (κ3) is 7.63. The SMILES string of the molecule is CC(Sc1ccc(NC(=O)/C(=C/c2ccsc2)NC(=O)c2ccccc2)cc1)C(=O)Nc1ccncc1. The Morgan fingerprint density at radius 2 is 1.59 bits per heavy atom. The van der Waals surface area contributed by atoms with Crippen LogP contribution in [0.2, 0.25) is 0 Å². The Bertz CT molecular complexity index is 1370. The highest BCUT2D eigenvalue weighted by molar-refractivity contribution is 8.00. The van der Waals surface area contributed by atoms with Crippen LogP contribution < -0.4 is 16.0 Å². The van der Waals surface area contributed by atoms with E-state index in [2.05, 4.69) is 20.9 Å². The van der Waals surface area contributed by atoms with Crippen molar-refractivity contribution < 1.29 is 14.4 Å². The summed E-state index contributed by atoms with van der Waals surface area (Å²) in [4.78, 5) is 43.1. The molecule has 0 saturated carbocycles. The summed E-state index contributed by atoms with van der Waals surface area (Å²) in [5, 5.41) is 11.9. The molecule has 0 aliphatic heterocycles. The van der Waals surface area contributed by atoms with Crippen LogP contribution in [0.4, 0.5) is 11.4 Å². The number of pyridine rings is 1. The molecule has 2 heterocycles. The highest BCUT2D eigenvalue weighted by Crippen LogP contribution is 2.26. The van der Waals surface area contributed by atoms with Crippen LogP contribution in [0, 0.1) is 0 Å². The molecule has 0 fully saturated rings. The maximum atomic E-state index is 13.1. The lowest BCUT2D eigenvalue weighted by molar-refractivity contribution is -0.115. The number of rotatable bonds is 9. The molecule has 7 nitrogen and oxygen atoms in total. The standard InChI is InChI=1S/C28H24N4O3S2/c1-19(26(33)30-23-11-14-29-15-12-23)37-24-9-7-22(8-10-24)31-28(35)25(17-20-13-16-36-18-20)32-27(34)21-5-3-2-4-6-21/h2-19H,1H3,(H,31,35)(H,32,34)(H,29,30,33)/b25-17-. The van der Waals surface area contributed by atoms with E-state index in [-0.39, 0.29) is 22.8 Å². The lowest BCUT2D eigenvalue weighted by Crippen LogP contribution is -2.30. The van der Waals surface area contributed by atoms with Crippen molar-refractivity contribution in [2.75, 3.05) is 10.6 Å². The molecule has 186 valence electrons. The molecular weight excluding hydrogens is 504 g/mol. The molecule has 4 rings (SSSR count). The number of nitrogens with zero attached hydrogens (tertiary/aromatic N) is 1. The molecule has 0 saturated heterocycles. The summed E-state index contributed by atoms with van der Waals surface area (Å²) in [6.45, 7) is 1.83. The van der Waals surface area contributed by atoms with Gasteiger partial charge in [-0.1, -0.05) is 18.2 Å². The third-order valence-corrected chi connectivity index (χ3v) is 6.94. The third-order valence-electron chi connectivity index (χ3n) is 5.13. The fourth-order valence-corrected chi connectivity index (χ4v) is 4.70. The average molecular weight is 529 g/mol. The summed E-state index contributed by atoms with van der Waals surface area (Å²) in [6.07, 6.45) is 4.88. The Kier molecular flexibility index (Phi) is 8.85. The first-order valence-corrected chi connectivity index (χ1v) is 13.2. The number of carbonyl (C=O) groups is 3. The number of anilines is 2. The molecule has 2 aromatic heterocycles. The van der Waals surface area contributed by atoms with E-state index in [1.165, 1.54) is 23.1 Å². The minimum atomic E-state index is -0.444. The zero-order valence-electron chi connectivity index (χ0n) is 19.9. The van der Waals surface area contributed by atoms with E-state index in [1.807, 2.05) is 41.9 Å². The van der Waals surface area contributed by atoms with Gasteiger partial charge in [0.25, 0.3) is 11.8 Å². The Morgan fingerprint density at radius 3 is 2.27 bits per heavy atom. The molecule has 0 bridgehead atoms. The first kappa shape index (κ1) is 25.9. The van der Waals surface area contributed by atoms with Gasteiger partial charge in [-0.3, -0.25) is 19.4 Å². The fraction of sp³-hybridized carbons (Fsp3) is 0.0714. The van der Waals surface area contributed by atoms with Crippen molar-refractivity contribution >= 4 is 58.3 Å². The zero-order valence-corrected chi connectivity index (χ0v) is 21.5. The molecule has 1 atom stereocenters. The molecule has 2 aromatic carbocycles. The van der Waals surface area contributed by atoms with E-state index in [9.17, 15) is 14.4 Å². The van der Waals surface area contributed by atoms with Gasteiger partial charge in [0, 0.05) is 34.2 Å². The number of thiophene rings is 1. The van der Waals surface area contributed by atoms with Crippen LogP contribution in [0.15, 0.2) is 107 Å². The van der Waals surface area contributed by atoms with Gasteiger partial charge in [-0.15, -0.1) is 11.8 Å². The van der Waals surface area contributed by atoms with Crippen LogP contribution in [-0.4, -0.2) is 28.0 Å². The van der Waals surface area contributed by atoms with Gasteiger partial charge < -0.3 is 16.0 Å². The van der Waals surface area contributed by atoms with E-state index in [4.69, 9.17) is 0 Å². The molecular formula is C28H24N4O3S2. The Balaban J connectivity index is 1.39. The number of carbonyl (C=O) groups excluding carboxylic acids is 3. The minimum absolute atomic E-state index is 0.119. The van der Waals surface area contributed by atoms with Crippen LogP contribution in [0.25, 0.3) is 6.08 Å².